The van der Waals surface area contributed by atoms with Crippen LogP contribution >= 0.6 is 0 Å². The zero-order chi connectivity index (χ0) is 25.3. The van der Waals surface area contributed by atoms with Crippen LogP contribution in [0.1, 0.15) is 0 Å². The highest BCUT2D eigenvalue weighted by atomic mass is 16.7. The molecule has 4 rings (SSSR count). The molecule has 0 aliphatic carbocycles. The smallest absolute Gasteiger partial charge is 0.337 e. The predicted molar refractivity (Wildman–Crippen MR) is 120 cm³/mol. The van der Waals surface area contributed by atoms with E-state index in [-0.39, 0.29) is 33.7 Å². The van der Waals surface area contributed by atoms with Crippen LogP contribution < -0.4 is 19.6 Å². The molecule has 1 fully saturated rings. The maximum absolute atomic E-state index is 12.9. The summed E-state index contributed by atoms with van der Waals surface area (Å²) in [6, 6.07) is 11.0. The van der Waals surface area contributed by atoms with Gasteiger partial charge in [-0.15, -0.1) is 0 Å². The molecule has 0 radical (unpaired) electrons. The highest BCUT2D eigenvalue weighted by Crippen LogP contribution is 2.34. The highest BCUT2D eigenvalue weighted by Gasteiger charge is 2.48. The van der Waals surface area contributed by atoms with Crippen molar-refractivity contribution in [1.29, 1.82) is 0 Å². The lowest BCUT2D eigenvalue weighted by Crippen LogP contribution is -2.61. The molecule has 11 heteroatoms. The van der Waals surface area contributed by atoms with Crippen molar-refractivity contribution in [2.24, 2.45) is 0 Å². The van der Waals surface area contributed by atoms with Gasteiger partial charge in [0.15, 0.2) is 11.5 Å². The van der Waals surface area contributed by atoms with Gasteiger partial charge in [0, 0.05) is 23.8 Å². The maximum atomic E-state index is 12.9. The first kappa shape index (κ1) is 24.5. The number of esters is 1. The standard InChI is InChI=1S/C24H24O11/c1-30-12-6-4-11(5-7-12)15-10-14(25)18-16(31-2)8-13(9-17(18)34-15)33-24-21(28)19(26)20(27)22(35-24)23(29)32-3/h4-10,19-22,24,26-28H,1-3H3/t19-,20-,21+,22-,24+/m0/s1. The molecule has 1 aliphatic rings. The van der Waals surface area contributed by atoms with E-state index in [4.69, 9.17) is 23.4 Å². The lowest BCUT2D eigenvalue weighted by molar-refractivity contribution is -0.271. The molecule has 11 nitrogen and oxygen atoms in total. The first-order valence-corrected chi connectivity index (χ1v) is 10.5. The first-order chi connectivity index (χ1) is 16.8. The van der Waals surface area contributed by atoms with Crippen LogP contribution in [0.15, 0.2) is 51.7 Å². The largest absolute Gasteiger partial charge is 0.497 e. The molecular weight excluding hydrogens is 464 g/mol. The van der Waals surface area contributed by atoms with Gasteiger partial charge in [-0.2, -0.15) is 0 Å². The molecule has 3 N–H and O–H groups in total. The fourth-order valence-electron chi connectivity index (χ4n) is 3.75. The Morgan fingerprint density at radius 2 is 1.60 bits per heavy atom. The van der Waals surface area contributed by atoms with Crippen LogP contribution in [0.2, 0.25) is 0 Å². The van der Waals surface area contributed by atoms with Crippen molar-refractivity contribution in [1.82, 2.24) is 0 Å². The molecule has 2 aromatic carbocycles. The van der Waals surface area contributed by atoms with Crippen molar-refractivity contribution in [2.45, 2.75) is 30.7 Å². The summed E-state index contributed by atoms with van der Waals surface area (Å²) in [5, 5.41) is 30.7. The number of benzene rings is 2. The summed E-state index contributed by atoms with van der Waals surface area (Å²) in [6.07, 6.45) is -8.33. The van der Waals surface area contributed by atoms with Crippen molar-refractivity contribution < 1.29 is 48.2 Å². The molecule has 5 atom stereocenters. The molecule has 0 amide bonds. The Kier molecular flexibility index (Phi) is 6.94. The van der Waals surface area contributed by atoms with E-state index in [1.807, 2.05) is 0 Å². The Bertz CT molecular complexity index is 1270. The zero-order valence-corrected chi connectivity index (χ0v) is 19.0. The van der Waals surface area contributed by atoms with Gasteiger partial charge in [0.1, 0.15) is 52.3 Å². The number of hydrogen-bond acceptors (Lipinski definition) is 11. The van der Waals surface area contributed by atoms with Gasteiger partial charge in [-0.1, -0.05) is 0 Å². The first-order valence-electron chi connectivity index (χ1n) is 10.5. The van der Waals surface area contributed by atoms with Crippen LogP contribution in [-0.2, 0) is 14.3 Å². The van der Waals surface area contributed by atoms with Gasteiger partial charge in [-0.3, -0.25) is 4.79 Å². The fourth-order valence-corrected chi connectivity index (χ4v) is 3.75. The van der Waals surface area contributed by atoms with Gasteiger partial charge in [0.25, 0.3) is 0 Å². The lowest BCUT2D eigenvalue weighted by atomic mass is 9.99. The van der Waals surface area contributed by atoms with Gasteiger partial charge in [-0.25, -0.2) is 4.79 Å². The van der Waals surface area contributed by atoms with Crippen LogP contribution in [-0.4, -0.2) is 73.3 Å². The summed E-state index contributed by atoms with van der Waals surface area (Å²) in [4.78, 5) is 24.8. The summed E-state index contributed by atoms with van der Waals surface area (Å²) in [5.41, 5.74) is 0.381. The number of methoxy groups -OCH3 is 3. The summed E-state index contributed by atoms with van der Waals surface area (Å²) < 4.78 is 32.0. The minimum Gasteiger partial charge on any atom is -0.497 e. The minimum atomic E-state index is -1.75. The third kappa shape index (κ3) is 4.66. The average Bonchev–Trinajstić information content (AvgIpc) is 2.87. The molecule has 1 aliphatic heterocycles. The van der Waals surface area contributed by atoms with Crippen LogP contribution in [0, 0.1) is 0 Å². The number of carbonyl (C=O) groups is 1. The molecule has 1 aromatic heterocycles. The van der Waals surface area contributed by atoms with E-state index in [0.717, 1.165) is 7.11 Å². The number of carbonyl (C=O) groups excluding carboxylic acids is 1. The van der Waals surface area contributed by atoms with Crippen molar-refractivity contribution >= 4 is 16.9 Å². The average molecular weight is 488 g/mol. The van der Waals surface area contributed by atoms with Crippen LogP contribution in [0.5, 0.6) is 17.2 Å². The third-order valence-corrected chi connectivity index (χ3v) is 5.62. The van der Waals surface area contributed by atoms with Crippen molar-refractivity contribution in [3.8, 4) is 28.6 Å². The lowest BCUT2D eigenvalue weighted by Gasteiger charge is -2.38. The van der Waals surface area contributed by atoms with Crippen molar-refractivity contribution in [3.63, 3.8) is 0 Å². The molecule has 1 saturated heterocycles. The second kappa shape index (κ2) is 9.92. The number of aliphatic hydroxyl groups is 3. The topological polar surface area (TPSA) is 154 Å². The van der Waals surface area contributed by atoms with E-state index in [1.54, 1.807) is 31.4 Å². The molecule has 2 heterocycles. The number of aliphatic hydroxyl groups excluding tert-OH is 3. The van der Waals surface area contributed by atoms with Crippen LogP contribution in [0.25, 0.3) is 22.3 Å². The van der Waals surface area contributed by atoms with E-state index in [9.17, 15) is 24.9 Å². The predicted octanol–water partition coefficient (Wildman–Crippen LogP) is 0.837. The number of hydrogen-bond donors (Lipinski definition) is 3. The maximum Gasteiger partial charge on any atom is 0.337 e. The van der Waals surface area contributed by atoms with Gasteiger partial charge < -0.3 is 43.4 Å². The van der Waals surface area contributed by atoms with E-state index in [1.165, 1.54) is 25.3 Å². The minimum absolute atomic E-state index is 0.0423. The summed E-state index contributed by atoms with van der Waals surface area (Å²) in [7, 11) is 3.98. The summed E-state index contributed by atoms with van der Waals surface area (Å²) in [5.74, 6) is 0.132. The number of rotatable bonds is 6. The molecule has 186 valence electrons. The highest BCUT2D eigenvalue weighted by molar-refractivity contribution is 5.86. The van der Waals surface area contributed by atoms with Gasteiger partial charge in [-0.05, 0) is 24.3 Å². The molecule has 0 saturated carbocycles. The molecule has 0 bridgehead atoms. The van der Waals surface area contributed by atoms with E-state index < -0.39 is 36.7 Å². The normalized spacial score (nSPS) is 24.1. The van der Waals surface area contributed by atoms with Crippen molar-refractivity contribution in [2.75, 3.05) is 21.3 Å². The SMILES string of the molecule is COC(=O)[C@H]1O[C@@H](Oc2cc(OC)c3c(=O)cc(-c4ccc(OC)cc4)oc3c2)[C@H](O)[C@@H](O)[C@@H]1O. The van der Waals surface area contributed by atoms with E-state index in [0.29, 0.717) is 11.3 Å². The number of fused-ring (bicyclic) bond motifs is 1. The molecule has 0 unspecified atom stereocenters. The Morgan fingerprint density at radius 3 is 2.23 bits per heavy atom. The van der Waals surface area contributed by atoms with Gasteiger partial charge >= 0.3 is 5.97 Å². The second-order valence-corrected chi connectivity index (χ2v) is 7.74. The summed E-state index contributed by atoms with van der Waals surface area (Å²) in [6.45, 7) is 0. The van der Waals surface area contributed by atoms with Crippen LogP contribution in [0.4, 0.5) is 0 Å². The quantitative estimate of drug-likeness (QED) is 0.423. The summed E-state index contributed by atoms with van der Waals surface area (Å²) >= 11 is 0. The molecule has 3 aromatic rings. The fraction of sp³-hybridized carbons (Fsp3) is 0.333. The van der Waals surface area contributed by atoms with E-state index in [2.05, 4.69) is 4.74 Å². The van der Waals surface area contributed by atoms with Crippen LogP contribution in [0.3, 0.4) is 0 Å². The Morgan fingerprint density at radius 1 is 0.886 bits per heavy atom. The zero-order valence-electron chi connectivity index (χ0n) is 19.0. The Labute approximate surface area is 199 Å². The Balaban J connectivity index is 1.72. The second-order valence-electron chi connectivity index (χ2n) is 7.74. The monoisotopic (exact) mass is 488 g/mol. The van der Waals surface area contributed by atoms with E-state index >= 15 is 0 Å². The third-order valence-electron chi connectivity index (χ3n) is 5.62. The molecule has 0 spiro atoms. The van der Waals surface area contributed by atoms with Gasteiger partial charge in [0.2, 0.25) is 6.29 Å². The Hall–Kier alpha value is -3.64. The van der Waals surface area contributed by atoms with Gasteiger partial charge in [0.05, 0.1) is 21.3 Å². The number of ether oxygens (including phenoxy) is 5. The molecular formula is C24H24O11. The molecule has 35 heavy (non-hydrogen) atoms. The van der Waals surface area contributed by atoms with Crippen molar-refractivity contribution in [3.05, 3.63) is 52.7 Å².